The molecule has 152 valence electrons. The molecule has 8 heteroatoms. The molecule has 5 rings (SSSR count). The van der Waals surface area contributed by atoms with Gasteiger partial charge in [0.1, 0.15) is 0 Å². The van der Waals surface area contributed by atoms with E-state index in [-0.39, 0.29) is 16.7 Å². The number of fused-ring (bicyclic) bond motifs is 2. The summed E-state index contributed by atoms with van der Waals surface area (Å²) < 4.78 is 23.5. The highest BCUT2D eigenvalue weighted by Crippen LogP contribution is 2.36. The number of nitrogens with zero attached hydrogens (tertiary/aromatic N) is 3. The second-order valence-electron chi connectivity index (χ2n) is 7.75. The molecule has 2 aromatic carbocycles. The van der Waals surface area contributed by atoms with Gasteiger partial charge in [0.2, 0.25) is 15.9 Å². The van der Waals surface area contributed by atoms with Gasteiger partial charge in [-0.05, 0) is 54.2 Å². The zero-order valence-corrected chi connectivity index (χ0v) is 17.0. The Morgan fingerprint density at radius 3 is 2.60 bits per heavy atom. The molecule has 2 heterocycles. The van der Waals surface area contributed by atoms with E-state index in [0.717, 1.165) is 22.4 Å². The first-order valence-corrected chi connectivity index (χ1v) is 11.3. The lowest BCUT2D eigenvalue weighted by Crippen LogP contribution is -2.35. The molecular formula is C22H20N4O3S. The van der Waals surface area contributed by atoms with E-state index < -0.39 is 10.0 Å². The van der Waals surface area contributed by atoms with Gasteiger partial charge in [-0.25, -0.2) is 13.6 Å². The average molecular weight is 420 g/mol. The number of carbonyl (C=O) groups is 1. The van der Waals surface area contributed by atoms with Gasteiger partial charge >= 0.3 is 0 Å². The number of hydrogen-bond acceptors (Lipinski definition) is 5. The standard InChI is InChI=1S/C22H20N4O3S/c23-30(28,29)19-4-3-14-5-8-26(21(14)12-19)22(27)18-9-15-1-2-16(10-17(15)11-18)20-13-24-6-7-25-20/h1-4,6-7,10,12-13,18H,5,8-9,11H2,(H2,23,28,29). The van der Waals surface area contributed by atoms with Gasteiger partial charge in [-0.1, -0.05) is 18.2 Å². The number of carbonyl (C=O) groups excluding carboxylic acids is 1. The number of rotatable bonds is 3. The van der Waals surface area contributed by atoms with Crippen LogP contribution in [-0.4, -0.2) is 30.8 Å². The molecule has 2 aliphatic rings. The number of aromatic nitrogens is 2. The second-order valence-corrected chi connectivity index (χ2v) is 9.32. The van der Waals surface area contributed by atoms with Crippen molar-refractivity contribution in [1.29, 1.82) is 0 Å². The van der Waals surface area contributed by atoms with Gasteiger partial charge in [0.05, 0.1) is 16.8 Å². The third-order valence-electron chi connectivity index (χ3n) is 5.89. The molecule has 1 aliphatic heterocycles. The minimum absolute atomic E-state index is 0.0255. The molecule has 1 amide bonds. The van der Waals surface area contributed by atoms with Crippen molar-refractivity contribution >= 4 is 21.6 Å². The summed E-state index contributed by atoms with van der Waals surface area (Å²) in [7, 11) is -3.82. The van der Waals surface area contributed by atoms with Gasteiger partial charge in [-0.3, -0.25) is 14.8 Å². The Kier molecular flexibility index (Phi) is 4.41. The van der Waals surface area contributed by atoms with Crippen LogP contribution in [0.3, 0.4) is 0 Å². The van der Waals surface area contributed by atoms with Gasteiger partial charge in [-0.2, -0.15) is 0 Å². The van der Waals surface area contributed by atoms with E-state index in [1.54, 1.807) is 29.6 Å². The summed E-state index contributed by atoms with van der Waals surface area (Å²) >= 11 is 0. The van der Waals surface area contributed by atoms with Crippen LogP contribution in [0, 0.1) is 5.92 Å². The predicted molar refractivity (Wildman–Crippen MR) is 112 cm³/mol. The molecule has 0 bridgehead atoms. The summed E-state index contributed by atoms with van der Waals surface area (Å²) in [5.41, 5.74) is 5.73. The summed E-state index contributed by atoms with van der Waals surface area (Å²) in [5, 5.41) is 5.27. The smallest absolute Gasteiger partial charge is 0.238 e. The molecule has 30 heavy (non-hydrogen) atoms. The summed E-state index contributed by atoms with van der Waals surface area (Å²) in [6, 6.07) is 10.9. The Morgan fingerprint density at radius 2 is 1.83 bits per heavy atom. The van der Waals surface area contributed by atoms with Crippen LogP contribution in [-0.2, 0) is 34.1 Å². The van der Waals surface area contributed by atoms with Gasteiger partial charge < -0.3 is 4.90 Å². The third-order valence-corrected chi connectivity index (χ3v) is 6.80. The maximum absolute atomic E-state index is 13.3. The van der Waals surface area contributed by atoms with Crippen molar-refractivity contribution in [2.45, 2.75) is 24.2 Å². The minimum Gasteiger partial charge on any atom is -0.312 e. The van der Waals surface area contributed by atoms with Crippen LogP contribution >= 0.6 is 0 Å². The Morgan fingerprint density at radius 1 is 1.03 bits per heavy atom. The molecule has 1 unspecified atom stereocenters. The molecule has 1 aromatic heterocycles. The Bertz CT molecular complexity index is 1260. The Hall–Kier alpha value is -3.10. The van der Waals surface area contributed by atoms with E-state index in [1.165, 1.54) is 17.7 Å². The maximum Gasteiger partial charge on any atom is 0.238 e. The predicted octanol–water partition coefficient (Wildman–Crippen LogP) is 2.10. The van der Waals surface area contributed by atoms with Crippen LogP contribution in [0.15, 0.2) is 59.9 Å². The fourth-order valence-corrected chi connectivity index (χ4v) is 4.92. The zero-order valence-electron chi connectivity index (χ0n) is 16.2. The van der Waals surface area contributed by atoms with E-state index in [9.17, 15) is 13.2 Å². The first-order chi connectivity index (χ1) is 14.4. The number of benzene rings is 2. The van der Waals surface area contributed by atoms with Gasteiger partial charge in [0.15, 0.2) is 0 Å². The molecule has 3 aromatic rings. The van der Waals surface area contributed by atoms with E-state index in [0.29, 0.717) is 31.5 Å². The highest BCUT2D eigenvalue weighted by molar-refractivity contribution is 7.89. The molecular weight excluding hydrogens is 400 g/mol. The number of primary sulfonamides is 1. The molecule has 7 nitrogen and oxygen atoms in total. The van der Waals surface area contributed by atoms with Crippen molar-refractivity contribution in [3.8, 4) is 11.3 Å². The number of sulfonamides is 1. The number of hydrogen-bond donors (Lipinski definition) is 1. The Balaban J connectivity index is 1.40. The lowest BCUT2D eigenvalue weighted by atomic mass is 10.0. The van der Waals surface area contributed by atoms with Crippen molar-refractivity contribution in [2.24, 2.45) is 11.1 Å². The molecule has 2 N–H and O–H groups in total. The lowest BCUT2D eigenvalue weighted by Gasteiger charge is -2.21. The van der Waals surface area contributed by atoms with E-state index >= 15 is 0 Å². The van der Waals surface area contributed by atoms with Crippen molar-refractivity contribution in [3.63, 3.8) is 0 Å². The number of nitrogens with two attached hydrogens (primary N) is 1. The van der Waals surface area contributed by atoms with Gasteiger partial charge in [0, 0.05) is 36.1 Å². The minimum atomic E-state index is -3.82. The van der Waals surface area contributed by atoms with Crippen LogP contribution in [0.4, 0.5) is 5.69 Å². The topological polar surface area (TPSA) is 106 Å². The Labute approximate surface area is 174 Å². The SMILES string of the molecule is NS(=O)(=O)c1ccc2c(c1)N(C(=O)C1Cc3ccc(-c4cnccn4)cc3C1)CC2. The van der Waals surface area contributed by atoms with Crippen LogP contribution in [0.25, 0.3) is 11.3 Å². The maximum atomic E-state index is 13.3. The highest BCUT2D eigenvalue weighted by Gasteiger charge is 2.34. The molecule has 1 aliphatic carbocycles. The highest BCUT2D eigenvalue weighted by atomic mass is 32.2. The van der Waals surface area contributed by atoms with Crippen LogP contribution < -0.4 is 10.0 Å². The summed E-state index contributed by atoms with van der Waals surface area (Å²) in [6.07, 6.45) is 7.07. The van der Waals surface area contributed by atoms with E-state index in [4.69, 9.17) is 5.14 Å². The monoisotopic (exact) mass is 420 g/mol. The molecule has 0 saturated heterocycles. The molecule has 0 radical (unpaired) electrons. The average Bonchev–Trinajstić information content (AvgIpc) is 3.36. The molecule has 1 atom stereocenters. The number of amides is 1. The molecule has 0 fully saturated rings. The van der Waals surface area contributed by atoms with Crippen molar-refractivity contribution in [3.05, 3.63) is 71.7 Å². The normalized spacial score (nSPS) is 17.6. The van der Waals surface area contributed by atoms with Crippen molar-refractivity contribution in [1.82, 2.24) is 9.97 Å². The van der Waals surface area contributed by atoms with Crippen molar-refractivity contribution < 1.29 is 13.2 Å². The zero-order chi connectivity index (χ0) is 20.9. The van der Waals surface area contributed by atoms with E-state index in [2.05, 4.69) is 22.1 Å². The summed E-state index contributed by atoms with van der Waals surface area (Å²) in [5.74, 6) is -0.140. The van der Waals surface area contributed by atoms with Gasteiger partial charge in [-0.15, -0.1) is 0 Å². The second kappa shape index (κ2) is 7.00. The fraction of sp³-hybridized carbons (Fsp3) is 0.227. The quantitative estimate of drug-likeness (QED) is 0.698. The lowest BCUT2D eigenvalue weighted by molar-refractivity contribution is -0.122. The molecule has 0 saturated carbocycles. The fourth-order valence-electron chi connectivity index (χ4n) is 4.39. The van der Waals surface area contributed by atoms with Crippen LogP contribution in [0.1, 0.15) is 16.7 Å². The number of anilines is 1. The summed E-state index contributed by atoms with van der Waals surface area (Å²) in [4.78, 5) is 23.5. The van der Waals surface area contributed by atoms with Crippen LogP contribution in [0.2, 0.25) is 0 Å². The van der Waals surface area contributed by atoms with Crippen LogP contribution in [0.5, 0.6) is 0 Å². The molecule has 0 spiro atoms. The first kappa shape index (κ1) is 18.9. The van der Waals surface area contributed by atoms with Crippen molar-refractivity contribution in [2.75, 3.05) is 11.4 Å². The largest absolute Gasteiger partial charge is 0.312 e. The summed E-state index contributed by atoms with van der Waals surface area (Å²) in [6.45, 7) is 0.555. The van der Waals surface area contributed by atoms with E-state index in [1.807, 2.05) is 6.07 Å². The first-order valence-electron chi connectivity index (χ1n) is 9.75. The third kappa shape index (κ3) is 3.28. The van der Waals surface area contributed by atoms with Gasteiger partial charge in [0.25, 0.3) is 0 Å².